The number of carbonyl (C=O) groups is 3. The van der Waals surface area contributed by atoms with Crippen molar-refractivity contribution in [3.05, 3.63) is 58.2 Å². The van der Waals surface area contributed by atoms with Crippen molar-refractivity contribution in [3.8, 4) is 22.5 Å². The molecule has 3 amide bonds. The first kappa shape index (κ1) is 38.1. The first-order valence-electron chi connectivity index (χ1n) is 18.6. The van der Waals surface area contributed by atoms with Gasteiger partial charge in [0.1, 0.15) is 12.1 Å². The molecule has 7 rings (SSSR count). The SMILES string of the molecule is CCn1c(-c2cccnc2[C@@](C)([Si])OC)c2c3cc(ccc31)-c1csc(n1)C[C@H](NC(=O)N1CCOCC1)C(=O)N1CCC[C@H](N1)C(=O)OCC(C)(C)C2. The van der Waals surface area contributed by atoms with E-state index in [1.165, 1.54) is 16.3 Å². The van der Waals surface area contributed by atoms with E-state index in [9.17, 15) is 14.4 Å². The van der Waals surface area contributed by atoms with Crippen molar-refractivity contribution in [1.29, 1.82) is 0 Å². The van der Waals surface area contributed by atoms with Gasteiger partial charge < -0.3 is 29.0 Å². The van der Waals surface area contributed by atoms with E-state index in [0.717, 1.165) is 44.7 Å². The van der Waals surface area contributed by atoms with Crippen LogP contribution in [0.5, 0.6) is 0 Å². The highest BCUT2D eigenvalue weighted by molar-refractivity contribution is 7.10. The van der Waals surface area contributed by atoms with Crippen LogP contribution in [0.2, 0.25) is 0 Å². The third-order valence-electron chi connectivity index (χ3n) is 10.5. The molecule has 15 heteroatoms. The first-order valence-corrected chi connectivity index (χ1v) is 20.0. The standard InChI is InChI=1S/C39H48N7O6SSi/c1-6-45-31-12-11-24-19-26(31)27(33(45)25-9-7-13-40-34(25)39(4,54)50-5)21-38(2,3)23-52-36(48)28-10-8-14-46(43-28)35(47)29(20-32-41-30(24)22-53-32)42-37(49)44-15-17-51-18-16-44/h7,9,11-13,19,22,28-29,43H,6,8,10,14-18,20-21,23H2,1-5H3,(H,42,49)/t28-,29-,39+/m0/s1. The number of thiazole rings is 1. The molecule has 13 nitrogen and oxygen atoms in total. The number of benzene rings is 1. The largest absolute Gasteiger partial charge is 0.464 e. The summed E-state index contributed by atoms with van der Waals surface area (Å²) in [6.07, 6.45) is 3.69. The van der Waals surface area contributed by atoms with Gasteiger partial charge >= 0.3 is 12.0 Å². The fourth-order valence-electron chi connectivity index (χ4n) is 7.59. The van der Waals surface area contributed by atoms with Gasteiger partial charge in [-0.1, -0.05) is 19.9 Å². The molecule has 4 aromatic rings. The molecule has 285 valence electrons. The lowest BCUT2D eigenvalue weighted by Crippen LogP contribution is -2.61. The Morgan fingerprint density at radius 3 is 2.76 bits per heavy atom. The van der Waals surface area contributed by atoms with Crippen molar-refractivity contribution in [2.75, 3.05) is 46.6 Å². The maximum Gasteiger partial charge on any atom is 0.324 e. The van der Waals surface area contributed by atoms with Crippen molar-refractivity contribution in [2.24, 2.45) is 5.41 Å². The Morgan fingerprint density at radius 1 is 1.20 bits per heavy atom. The van der Waals surface area contributed by atoms with Gasteiger partial charge in [-0.15, -0.1) is 11.3 Å². The van der Waals surface area contributed by atoms with Crippen molar-refractivity contribution >= 4 is 50.4 Å². The number of pyridine rings is 1. The molecule has 3 aliphatic heterocycles. The number of cyclic esters (lactones) is 1. The molecule has 3 aliphatic rings. The number of aryl methyl sites for hydroxylation is 1. The molecule has 0 saturated carbocycles. The Bertz CT molecular complexity index is 2040. The molecule has 3 radical (unpaired) electrons. The fourth-order valence-corrected chi connectivity index (χ4v) is 8.64. The Hall–Kier alpha value is -4.15. The monoisotopic (exact) mass is 770 g/mol. The topological polar surface area (TPSA) is 140 Å². The second-order valence-electron chi connectivity index (χ2n) is 15.1. The summed E-state index contributed by atoms with van der Waals surface area (Å²) in [5, 5.41) is 7.39. The van der Waals surface area contributed by atoms with Crippen LogP contribution in [0.4, 0.5) is 4.79 Å². The number of nitrogens with one attached hydrogen (secondary N) is 2. The van der Waals surface area contributed by atoms with E-state index in [4.69, 9.17) is 24.2 Å². The second kappa shape index (κ2) is 15.5. The van der Waals surface area contributed by atoms with Gasteiger partial charge in [-0.05, 0) is 62.9 Å². The van der Waals surface area contributed by atoms with Gasteiger partial charge in [0.25, 0.3) is 5.91 Å². The summed E-state index contributed by atoms with van der Waals surface area (Å²) in [5.41, 5.74) is 9.29. The minimum absolute atomic E-state index is 0.164. The normalized spacial score (nSPS) is 22.0. The number of morpholine rings is 1. The molecule has 0 spiro atoms. The van der Waals surface area contributed by atoms with Crippen LogP contribution >= 0.6 is 11.3 Å². The fraction of sp³-hybridized carbons (Fsp3) is 0.513. The third-order valence-corrected chi connectivity index (χ3v) is 11.8. The lowest BCUT2D eigenvalue weighted by Gasteiger charge is -2.36. The highest BCUT2D eigenvalue weighted by Gasteiger charge is 2.37. The lowest BCUT2D eigenvalue weighted by atomic mass is 9.84. The van der Waals surface area contributed by atoms with E-state index in [1.54, 1.807) is 18.2 Å². The lowest BCUT2D eigenvalue weighted by molar-refractivity contribution is -0.155. The molecular weight excluding hydrogens is 723 g/mol. The highest BCUT2D eigenvalue weighted by Crippen LogP contribution is 2.42. The average Bonchev–Trinajstić information content (AvgIpc) is 3.78. The molecule has 0 aliphatic carbocycles. The van der Waals surface area contributed by atoms with Crippen molar-refractivity contribution < 1.29 is 28.6 Å². The number of hydrazine groups is 1. The number of esters is 1. The predicted octanol–water partition coefficient (Wildman–Crippen LogP) is 4.41. The summed E-state index contributed by atoms with van der Waals surface area (Å²) >= 11 is 1.46. The van der Waals surface area contributed by atoms with Gasteiger partial charge in [-0.2, -0.15) is 0 Å². The van der Waals surface area contributed by atoms with Crippen molar-refractivity contribution in [3.63, 3.8) is 0 Å². The van der Waals surface area contributed by atoms with E-state index in [2.05, 4.69) is 70.6 Å². The Balaban J connectivity index is 1.35. The number of rotatable bonds is 5. The van der Waals surface area contributed by atoms with Crippen LogP contribution in [0.3, 0.4) is 0 Å². The number of carbonyl (C=O) groups excluding carboxylic acids is 3. The van der Waals surface area contributed by atoms with E-state index < -0.39 is 28.7 Å². The van der Waals surface area contributed by atoms with Crippen LogP contribution < -0.4 is 10.7 Å². The Morgan fingerprint density at radius 2 is 2.00 bits per heavy atom. The number of amides is 3. The quantitative estimate of drug-likeness (QED) is 0.223. The van der Waals surface area contributed by atoms with E-state index in [1.807, 2.05) is 18.4 Å². The van der Waals surface area contributed by atoms with E-state index in [-0.39, 0.29) is 25.0 Å². The molecule has 6 bridgehead atoms. The zero-order valence-corrected chi connectivity index (χ0v) is 33.4. The molecule has 3 aromatic heterocycles. The number of urea groups is 1. The summed E-state index contributed by atoms with van der Waals surface area (Å²) in [5.74, 6) is -0.738. The molecule has 3 atom stereocenters. The molecule has 2 fully saturated rings. The summed E-state index contributed by atoms with van der Waals surface area (Å²) < 4.78 is 19.7. The Labute approximate surface area is 323 Å². The third kappa shape index (κ3) is 7.69. The number of aromatic nitrogens is 3. The number of hydrogen-bond acceptors (Lipinski definition) is 10. The van der Waals surface area contributed by atoms with Crippen LogP contribution in [0, 0.1) is 5.41 Å². The average molecular weight is 771 g/mol. The van der Waals surface area contributed by atoms with Crippen molar-refractivity contribution in [2.45, 2.75) is 77.2 Å². The number of nitrogens with zero attached hydrogens (tertiary/aromatic N) is 5. The van der Waals surface area contributed by atoms with Gasteiger partial charge in [0.15, 0.2) is 0 Å². The summed E-state index contributed by atoms with van der Waals surface area (Å²) in [6, 6.07) is 8.49. The number of ether oxygens (including phenoxy) is 3. The summed E-state index contributed by atoms with van der Waals surface area (Å²) in [6.45, 7) is 11.3. The van der Waals surface area contributed by atoms with Crippen LogP contribution in [0.25, 0.3) is 33.4 Å². The number of hydrogen-bond donors (Lipinski definition) is 2. The summed E-state index contributed by atoms with van der Waals surface area (Å²) in [4.78, 5) is 52.7. The molecule has 6 heterocycles. The summed E-state index contributed by atoms with van der Waals surface area (Å²) in [7, 11) is 5.49. The maximum absolute atomic E-state index is 14.1. The van der Waals surface area contributed by atoms with Gasteiger partial charge in [-0.3, -0.25) is 19.6 Å². The maximum atomic E-state index is 14.1. The van der Waals surface area contributed by atoms with Crippen LogP contribution in [-0.4, -0.2) is 111 Å². The highest BCUT2D eigenvalue weighted by atomic mass is 32.1. The van der Waals surface area contributed by atoms with Gasteiger partial charge in [0.2, 0.25) is 0 Å². The molecular formula is C39H48N7O6SSi. The molecule has 2 N–H and O–H groups in total. The van der Waals surface area contributed by atoms with Crippen LogP contribution in [0.15, 0.2) is 41.9 Å². The zero-order valence-electron chi connectivity index (χ0n) is 31.6. The molecule has 54 heavy (non-hydrogen) atoms. The Kier molecular flexibility index (Phi) is 11.0. The molecule has 0 unspecified atom stereocenters. The van der Waals surface area contributed by atoms with Gasteiger partial charge in [-0.25, -0.2) is 15.2 Å². The van der Waals surface area contributed by atoms with Crippen molar-refractivity contribution in [1.82, 2.24) is 35.2 Å². The smallest absolute Gasteiger partial charge is 0.324 e. The second-order valence-corrected chi connectivity index (χ2v) is 17.0. The van der Waals surface area contributed by atoms with Gasteiger partial charge in [0, 0.05) is 78.7 Å². The van der Waals surface area contributed by atoms with E-state index >= 15 is 0 Å². The predicted molar refractivity (Wildman–Crippen MR) is 207 cm³/mol. The molecule has 1 aromatic carbocycles. The number of methoxy groups -OCH3 is 1. The first-order chi connectivity index (χ1) is 25.9. The van der Waals surface area contributed by atoms with Crippen LogP contribution in [0.1, 0.15) is 56.8 Å². The van der Waals surface area contributed by atoms with Gasteiger partial charge in [0.05, 0.1) is 57.4 Å². The van der Waals surface area contributed by atoms with E-state index in [0.29, 0.717) is 63.7 Å². The zero-order chi connectivity index (χ0) is 38.2. The number of fused-ring (bicyclic) bond motifs is 6. The minimum atomic E-state index is -0.907. The van der Waals surface area contributed by atoms with Crippen LogP contribution in [-0.2, 0) is 48.4 Å². The molecule has 2 saturated heterocycles. The minimum Gasteiger partial charge on any atom is -0.464 e.